The van der Waals surface area contributed by atoms with Crippen LogP contribution in [0.15, 0.2) is 54.6 Å². The molecule has 0 aliphatic carbocycles. The average molecular weight is 430 g/mol. The third kappa shape index (κ3) is 8.12. The van der Waals surface area contributed by atoms with Crippen LogP contribution in [0, 0.1) is 5.82 Å². The molecule has 0 N–H and O–H groups in total. The van der Waals surface area contributed by atoms with Gasteiger partial charge in [-0.3, -0.25) is 0 Å². The van der Waals surface area contributed by atoms with Crippen molar-refractivity contribution in [3.8, 4) is 17.2 Å². The number of rotatable bonds is 12. The molecule has 7 heteroatoms. The summed E-state index contributed by atoms with van der Waals surface area (Å²) >= 11 is 0. The standard InChI is InChI=1S/C24H27FO6/c1-4-5-6-7-14-28-18-8-10-19(11-9-18)31-24(27)21-13-12-20(15-22(21)25)29-16-30-23(26)17(2)3/h8-13,15H,2,4-7,14,16H2,1,3H3. The van der Waals surface area contributed by atoms with Gasteiger partial charge in [0.15, 0.2) is 0 Å². The predicted molar refractivity (Wildman–Crippen MR) is 114 cm³/mol. The Bertz CT molecular complexity index is 891. The van der Waals surface area contributed by atoms with Crippen LogP contribution in [-0.2, 0) is 9.53 Å². The van der Waals surface area contributed by atoms with Crippen LogP contribution < -0.4 is 14.2 Å². The van der Waals surface area contributed by atoms with E-state index >= 15 is 0 Å². The molecule has 0 saturated heterocycles. The molecule has 0 aromatic heterocycles. The second-order valence-electron chi connectivity index (χ2n) is 6.89. The first-order valence-corrected chi connectivity index (χ1v) is 10.1. The summed E-state index contributed by atoms with van der Waals surface area (Å²) in [5.41, 5.74) is -0.0259. The van der Waals surface area contributed by atoms with Crippen LogP contribution in [0.1, 0.15) is 49.9 Å². The van der Waals surface area contributed by atoms with E-state index < -0.39 is 24.5 Å². The Morgan fingerprint density at radius 3 is 2.26 bits per heavy atom. The van der Waals surface area contributed by atoms with Gasteiger partial charge in [0.2, 0.25) is 6.79 Å². The largest absolute Gasteiger partial charge is 0.494 e. The summed E-state index contributed by atoms with van der Waals surface area (Å²) < 4.78 is 35.1. The molecule has 6 nitrogen and oxygen atoms in total. The van der Waals surface area contributed by atoms with Crippen molar-refractivity contribution in [2.75, 3.05) is 13.4 Å². The molecule has 0 heterocycles. The summed E-state index contributed by atoms with van der Waals surface area (Å²) in [4.78, 5) is 23.6. The van der Waals surface area contributed by atoms with E-state index in [1.54, 1.807) is 24.3 Å². The van der Waals surface area contributed by atoms with Crippen molar-refractivity contribution in [3.63, 3.8) is 0 Å². The molecule has 31 heavy (non-hydrogen) atoms. The third-order valence-electron chi connectivity index (χ3n) is 4.23. The zero-order valence-electron chi connectivity index (χ0n) is 17.8. The van der Waals surface area contributed by atoms with Gasteiger partial charge in [-0.25, -0.2) is 14.0 Å². The van der Waals surface area contributed by atoms with Crippen LogP contribution in [0.5, 0.6) is 17.2 Å². The number of halogens is 1. The van der Waals surface area contributed by atoms with E-state index in [0.29, 0.717) is 12.4 Å². The topological polar surface area (TPSA) is 71.1 Å². The van der Waals surface area contributed by atoms with Gasteiger partial charge in [0.05, 0.1) is 12.2 Å². The van der Waals surface area contributed by atoms with E-state index in [1.807, 2.05) is 0 Å². The molecule has 0 fully saturated rings. The molecule has 0 spiro atoms. The molecule has 0 radical (unpaired) electrons. The lowest BCUT2D eigenvalue weighted by Crippen LogP contribution is -2.12. The first-order chi connectivity index (χ1) is 14.9. The Morgan fingerprint density at radius 1 is 0.935 bits per heavy atom. The summed E-state index contributed by atoms with van der Waals surface area (Å²) in [5.74, 6) is -1.23. The minimum absolute atomic E-state index is 0.101. The van der Waals surface area contributed by atoms with Crippen molar-refractivity contribution in [3.05, 3.63) is 66.0 Å². The van der Waals surface area contributed by atoms with Crippen LogP contribution in [0.25, 0.3) is 0 Å². The maximum absolute atomic E-state index is 14.3. The fourth-order valence-electron chi connectivity index (χ4n) is 2.51. The number of esters is 2. The zero-order valence-corrected chi connectivity index (χ0v) is 17.8. The smallest absolute Gasteiger partial charge is 0.346 e. The molecule has 2 aromatic carbocycles. The SMILES string of the molecule is C=C(C)C(=O)OCOc1ccc(C(=O)Oc2ccc(OCCCCCC)cc2)c(F)c1. The highest BCUT2D eigenvalue weighted by Gasteiger charge is 2.15. The van der Waals surface area contributed by atoms with Crippen LogP contribution in [0.4, 0.5) is 4.39 Å². The summed E-state index contributed by atoms with van der Waals surface area (Å²) in [5, 5.41) is 0. The summed E-state index contributed by atoms with van der Waals surface area (Å²) in [7, 11) is 0. The summed E-state index contributed by atoms with van der Waals surface area (Å²) in [6.45, 7) is 7.32. The van der Waals surface area contributed by atoms with Gasteiger partial charge in [-0.2, -0.15) is 0 Å². The molecule has 0 saturated carbocycles. The van der Waals surface area contributed by atoms with Gasteiger partial charge in [-0.05, 0) is 49.7 Å². The number of benzene rings is 2. The summed E-state index contributed by atoms with van der Waals surface area (Å²) in [6.07, 6.45) is 4.47. The van der Waals surface area contributed by atoms with E-state index in [-0.39, 0.29) is 22.6 Å². The number of hydrogen-bond acceptors (Lipinski definition) is 6. The molecule has 166 valence electrons. The monoisotopic (exact) mass is 430 g/mol. The maximum atomic E-state index is 14.3. The minimum Gasteiger partial charge on any atom is -0.494 e. The normalized spacial score (nSPS) is 10.3. The van der Waals surface area contributed by atoms with Crippen LogP contribution in [-0.4, -0.2) is 25.3 Å². The Labute approximate surface area is 181 Å². The van der Waals surface area contributed by atoms with Gasteiger partial charge in [-0.1, -0.05) is 32.8 Å². The van der Waals surface area contributed by atoms with E-state index in [9.17, 15) is 14.0 Å². The highest BCUT2D eigenvalue weighted by Crippen LogP contribution is 2.22. The van der Waals surface area contributed by atoms with Crippen molar-refractivity contribution in [2.24, 2.45) is 0 Å². The van der Waals surface area contributed by atoms with Crippen molar-refractivity contribution >= 4 is 11.9 Å². The van der Waals surface area contributed by atoms with E-state index in [4.69, 9.17) is 18.9 Å². The quantitative estimate of drug-likeness (QED) is 0.146. The molecule has 2 aromatic rings. The van der Waals surface area contributed by atoms with E-state index in [1.165, 1.54) is 31.9 Å². The van der Waals surface area contributed by atoms with Crippen molar-refractivity contribution < 1.29 is 32.9 Å². The molecule has 0 amide bonds. The highest BCUT2D eigenvalue weighted by atomic mass is 19.1. The average Bonchev–Trinajstić information content (AvgIpc) is 2.74. The Balaban J connectivity index is 1.86. The molecular weight excluding hydrogens is 403 g/mol. The van der Waals surface area contributed by atoms with Crippen LogP contribution in [0.3, 0.4) is 0 Å². The number of ether oxygens (including phenoxy) is 4. The fraction of sp³-hybridized carbons (Fsp3) is 0.333. The van der Waals surface area contributed by atoms with Crippen molar-refractivity contribution in [1.29, 1.82) is 0 Å². The van der Waals surface area contributed by atoms with Gasteiger partial charge in [0.25, 0.3) is 0 Å². The molecule has 0 aliphatic heterocycles. The predicted octanol–water partition coefficient (Wildman–Crippen LogP) is 5.46. The molecule has 0 atom stereocenters. The van der Waals surface area contributed by atoms with Gasteiger partial charge < -0.3 is 18.9 Å². The van der Waals surface area contributed by atoms with Gasteiger partial charge in [0, 0.05) is 11.6 Å². The molecule has 0 aliphatic rings. The minimum atomic E-state index is -0.842. The first-order valence-electron chi connectivity index (χ1n) is 10.1. The number of unbranched alkanes of at least 4 members (excludes halogenated alkanes) is 3. The van der Waals surface area contributed by atoms with Gasteiger partial charge >= 0.3 is 11.9 Å². The summed E-state index contributed by atoms with van der Waals surface area (Å²) in [6, 6.07) is 10.2. The molecule has 0 unspecified atom stereocenters. The van der Waals surface area contributed by atoms with Crippen molar-refractivity contribution in [2.45, 2.75) is 39.5 Å². The fourth-order valence-corrected chi connectivity index (χ4v) is 2.51. The lowest BCUT2D eigenvalue weighted by molar-refractivity contribution is -0.145. The maximum Gasteiger partial charge on any atom is 0.346 e. The second-order valence-corrected chi connectivity index (χ2v) is 6.89. The molecular formula is C24H27FO6. The highest BCUT2D eigenvalue weighted by molar-refractivity contribution is 5.91. The Morgan fingerprint density at radius 2 is 1.61 bits per heavy atom. The number of carbonyl (C=O) groups excluding carboxylic acids is 2. The number of carbonyl (C=O) groups is 2. The lowest BCUT2D eigenvalue weighted by Gasteiger charge is -2.10. The molecule has 0 bridgehead atoms. The van der Waals surface area contributed by atoms with Crippen LogP contribution in [0.2, 0.25) is 0 Å². The third-order valence-corrected chi connectivity index (χ3v) is 4.23. The van der Waals surface area contributed by atoms with Gasteiger partial charge in [0.1, 0.15) is 23.1 Å². The van der Waals surface area contributed by atoms with Crippen molar-refractivity contribution in [1.82, 2.24) is 0 Å². The van der Waals surface area contributed by atoms with Crippen LogP contribution >= 0.6 is 0 Å². The first kappa shape index (κ1) is 23.9. The Hall–Kier alpha value is -3.35. The number of hydrogen-bond donors (Lipinski definition) is 0. The van der Waals surface area contributed by atoms with E-state index in [0.717, 1.165) is 18.9 Å². The van der Waals surface area contributed by atoms with Gasteiger partial charge in [-0.15, -0.1) is 0 Å². The zero-order chi connectivity index (χ0) is 22.6. The van der Waals surface area contributed by atoms with E-state index in [2.05, 4.69) is 13.5 Å². The lowest BCUT2D eigenvalue weighted by atomic mass is 10.2. The second kappa shape index (κ2) is 12.4. The molecule has 2 rings (SSSR count). The Kier molecular flexibility index (Phi) is 9.55.